The van der Waals surface area contributed by atoms with E-state index in [9.17, 15) is 18.0 Å². The van der Waals surface area contributed by atoms with Gasteiger partial charge in [-0.15, -0.1) is 0 Å². The Kier molecular flexibility index (Phi) is 8.11. The van der Waals surface area contributed by atoms with Crippen LogP contribution in [0.1, 0.15) is 15.9 Å². The minimum absolute atomic E-state index is 0.0640. The molecule has 0 fully saturated rings. The lowest BCUT2D eigenvalue weighted by molar-refractivity contribution is -0.120. The Morgan fingerprint density at radius 1 is 1.06 bits per heavy atom. The van der Waals surface area contributed by atoms with Crippen LogP contribution in [0.5, 0.6) is 11.5 Å². The first-order valence-electron chi connectivity index (χ1n) is 9.03. The summed E-state index contributed by atoms with van der Waals surface area (Å²) in [6, 6.07) is 10.5. The number of nitrogens with one attached hydrogen (secondary N) is 2. The monoisotopic (exact) mass is 448 g/mol. The molecule has 2 rings (SSSR count). The van der Waals surface area contributed by atoms with Gasteiger partial charge in [-0.3, -0.25) is 9.59 Å². The Morgan fingerprint density at radius 3 is 2.32 bits per heavy atom. The van der Waals surface area contributed by atoms with Gasteiger partial charge in [-0.2, -0.15) is 5.10 Å². The van der Waals surface area contributed by atoms with Gasteiger partial charge in [0, 0.05) is 25.2 Å². The molecule has 0 aromatic heterocycles. The fourth-order valence-corrected chi connectivity index (χ4v) is 3.31. The predicted octanol–water partition coefficient (Wildman–Crippen LogP) is 0.834. The van der Waals surface area contributed by atoms with Crippen molar-refractivity contribution in [3.63, 3.8) is 0 Å². The Balaban J connectivity index is 1.91. The highest BCUT2D eigenvalue weighted by Crippen LogP contribution is 2.22. The highest BCUT2D eigenvalue weighted by molar-refractivity contribution is 7.89. The van der Waals surface area contributed by atoms with E-state index in [2.05, 4.69) is 15.8 Å². The largest absolute Gasteiger partial charge is 0.497 e. The Labute approximate surface area is 180 Å². The van der Waals surface area contributed by atoms with Crippen molar-refractivity contribution in [3.8, 4) is 11.5 Å². The van der Waals surface area contributed by atoms with Crippen molar-refractivity contribution in [3.05, 3.63) is 53.6 Å². The average molecular weight is 449 g/mol. The van der Waals surface area contributed by atoms with E-state index in [-0.39, 0.29) is 17.0 Å². The highest BCUT2D eigenvalue weighted by Gasteiger charge is 2.17. The lowest BCUT2D eigenvalue weighted by atomic mass is 10.2. The van der Waals surface area contributed by atoms with Crippen LogP contribution in [-0.2, 0) is 14.8 Å². The van der Waals surface area contributed by atoms with Gasteiger partial charge in [0.25, 0.3) is 11.8 Å². The van der Waals surface area contributed by atoms with Gasteiger partial charge in [-0.05, 0) is 42.5 Å². The summed E-state index contributed by atoms with van der Waals surface area (Å²) in [5, 5.41) is 6.29. The van der Waals surface area contributed by atoms with Gasteiger partial charge in [0.15, 0.2) is 0 Å². The van der Waals surface area contributed by atoms with Crippen molar-refractivity contribution in [2.24, 2.45) is 5.10 Å². The summed E-state index contributed by atoms with van der Waals surface area (Å²) in [6.07, 6.45) is 1.39. The minimum atomic E-state index is -3.58. The molecular weight excluding hydrogens is 424 g/mol. The van der Waals surface area contributed by atoms with E-state index in [4.69, 9.17) is 9.47 Å². The van der Waals surface area contributed by atoms with Crippen LogP contribution in [-0.4, -0.2) is 65.6 Å². The molecule has 0 saturated carbocycles. The van der Waals surface area contributed by atoms with Crippen molar-refractivity contribution < 1.29 is 27.5 Å². The van der Waals surface area contributed by atoms with Crippen LogP contribution in [0.25, 0.3) is 0 Å². The predicted molar refractivity (Wildman–Crippen MR) is 115 cm³/mol. The van der Waals surface area contributed by atoms with E-state index < -0.39 is 21.8 Å². The minimum Gasteiger partial charge on any atom is -0.497 e. The SMILES string of the molecule is COc1ccc(OC)c(/C=N/NC(=O)CNC(=O)c2ccc(S(=O)(=O)N(C)C)cc2)c1. The summed E-state index contributed by atoms with van der Waals surface area (Å²) in [6.45, 7) is -0.316. The summed E-state index contributed by atoms with van der Waals surface area (Å²) in [7, 11) is 2.29. The molecule has 0 saturated heterocycles. The second-order valence-corrected chi connectivity index (χ2v) is 8.55. The third-order valence-corrected chi connectivity index (χ3v) is 5.96. The number of ether oxygens (including phenoxy) is 2. The molecule has 2 aromatic rings. The molecule has 166 valence electrons. The summed E-state index contributed by atoms with van der Waals surface area (Å²) < 4.78 is 35.5. The van der Waals surface area contributed by atoms with Gasteiger partial charge >= 0.3 is 0 Å². The van der Waals surface area contributed by atoms with Crippen molar-refractivity contribution >= 4 is 28.1 Å². The van der Waals surface area contributed by atoms with Gasteiger partial charge in [0.2, 0.25) is 10.0 Å². The van der Waals surface area contributed by atoms with E-state index in [1.54, 1.807) is 18.2 Å². The smallest absolute Gasteiger partial charge is 0.259 e. The number of carbonyl (C=O) groups excluding carboxylic acids is 2. The zero-order chi connectivity index (χ0) is 23.0. The summed E-state index contributed by atoms with van der Waals surface area (Å²) in [5.74, 6) is 0.0812. The Hall–Kier alpha value is -3.44. The van der Waals surface area contributed by atoms with Crippen LogP contribution in [0, 0.1) is 0 Å². The van der Waals surface area contributed by atoms with Gasteiger partial charge in [0.05, 0.1) is 31.9 Å². The van der Waals surface area contributed by atoms with E-state index in [0.717, 1.165) is 4.31 Å². The normalized spacial score (nSPS) is 11.4. The first-order valence-corrected chi connectivity index (χ1v) is 10.5. The van der Waals surface area contributed by atoms with Gasteiger partial charge in [-0.1, -0.05) is 0 Å². The van der Waals surface area contributed by atoms with Crippen molar-refractivity contribution in [2.75, 3.05) is 34.9 Å². The van der Waals surface area contributed by atoms with Crippen LogP contribution >= 0.6 is 0 Å². The van der Waals surface area contributed by atoms with Crippen LogP contribution in [0.3, 0.4) is 0 Å². The topological polar surface area (TPSA) is 126 Å². The summed E-state index contributed by atoms with van der Waals surface area (Å²) >= 11 is 0. The van der Waals surface area contributed by atoms with Gasteiger partial charge < -0.3 is 14.8 Å². The Bertz CT molecular complexity index is 1070. The van der Waals surface area contributed by atoms with Gasteiger partial charge in [0.1, 0.15) is 11.5 Å². The van der Waals surface area contributed by atoms with E-state index >= 15 is 0 Å². The molecule has 0 aliphatic carbocycles. The maximum absolute atomic E-state index is 12.2. The fraction of sp³-hybridized carbons (Fsp3) is 0.250. The lowest BCUT2D eigenvalue weighted by Gasteiger charge is -2.11. The molecular formula is C20H24N4O6S. The first kappa shape index (κ1) is 23.8. The van der Waals surface area contributed by atoms with Crippen molar-refractivity contribution in [2.45, 2.75) is 4.90 Å². The van der Waals surface area contributed by atoms with E-state index in [1.807, 2.05) is 0 Å². The van der Waals surface area contributed by atoms with Gasteiger partial charge in [-0.25, -0.2) is 18.1 Å². The molecule has 11 heteroatoms. The molecule has 0 aliphatic rings. The number of rotatable bonds is 9. The van der Waals surface area contributed by atoms with Crippen LogP contribution < -0.4 is 20.2 Å². The lowest BCUT2D eigenvalue weighted by Crippen LogP contribution is -2.35. The van der Waals surface area contributed by atoms with Crippen LogP contribution in [0.2, 0.25) is 0 Å². The molecule has 2 N–H and O–H groups in total. The number of methoxy groups -OCH3 is 2. The molecule has 0 bridgehead atoms. The van der Waals surface area contributed by atoms with Crippen LogP contribution in [0.15, 0.2) is 52.5 Å². The number of carbonyl (C=O) groups is 2. The summed E-state index contributed by atoms with van der Waals surface area (Å²) in [4.78, 5) is 24.2. The molecule has 2 aromatic carbocycles. The first-order chi connectivity index (χ1) is 14.7. The number of hydrogen-bond donors (Lipinski definition) is 2. The molecule has 0 aliphatic heterocycles. The van der Waals surface area contributed by atoms with Crippen molar-refractivity contribution in [1.29, 1.82) is 0 Å². The molecule has 31 heavy (non-hydrogen) atoms. The third-order valence-electron chi connectivity index (χ3n) is 4.13. The standard InChI is InChI=1S/C20H24N4O6S/c1-24(2)31(27,28)17-8-5-14(6-9-17)20(26)21-13-19(25)23-22-12-15-11-16(29-3)7-10-18(15)30-4/h5-12H,13H2,1-4H3,(H,21,26)(H,23,25)/b22-12+. The number of nitrogens with zero attached hydrogens (tertiary/aromatic N) is 2. The fourth-order valence-electron chi connectivity index (χ4n) is 2.41. The third kappa shape index (κ3) is 6.27. The molecule has 0 radical (unpaired) electrons. The molecule has 0 heterocycles. The summed E-state index contributed by atoms with van der Waals surface area (Å²) in [5.41, 5.74) is 3.12. The average Bonchev–Trinajstić information content (AvgIpc) is 2.77. The van der Waals surface area contributed by atoms with E-state index in [1.165, 1.54) is 58.8 Å². The second-order valence-electron chi connectivity index (χ2n) is 6.40. The number of benzene rings is 2. The quantitative estimate of drug-likeness (QED) is 0.432. The highest BCUT2D eigenvalue weighted by atomic mass is 32.2. The van der Waals surface area contributed by atoms with E-state index in [0.29, 0.717) is 17.1 Å². The zero-order valence-electron chi connectivity index (χ0n) is 17.6. The number of hydrogen-bond acceptors (Lipinski definition) is 7. The number of sulfonamides is 1. The molecule has 0 atom stereocenters. The zero-order valence-corrected chi connectivity index (χ0v) is 18.4. The molecule has 10 nitrogen and oxygen atoms in total. The van der Waals surface area contributed by atoms with Crippen LogP contribution in [0.4, 0.5) is 0 Å². The molecule has 0 spiro atoms. The molecule has 2 amide bonds. The number of amides is 2. The maximum atomic E-state index is 12.2. The second kappa shape index (κ2) is 10.5. The molecule has 0 unspecified atom stereocenters. The Morgan fingerprint density at radius 2 is 1.74 bits per heavy atom. The number of hydrazone groups is 1. The maximum Gasteiger partial charge on any atom is 0.259 e. The van der Waals surface area contributed by atoms with Crippen molar-refractivity contribution in [1.82, 2.24) is 15.0 Å².